The van der Waals surface area contributed by atoms with Gasteiger partial charge in [-0.25, -0.2) is 4.39 Å². The topological polar surface area (TPSA) is 34.9 Å². The molecule has 21 heavy (non-hydrogen) atoms. The second-order valence-corrected chi connectivity index (χ2v) is 5.00. The molecule has 0 spiro atoms. The maximum atomic E-state index is 13.8. The van der Waals surface area contributed by atoms with Crippen LogP contribution >= 0.6 is 0 Å². The zero-order valence-corrected chi connectivity index (χ0v) is 12.8. The zero-order valence-electron chi connectivity index (χ0n) is 12.8. The lowest BCUT2D eigenvalue weighted by molar-refractivity contribution is 0.0986. The molecule has 3 nitrogen and oxygen atoms in total. The maximum absolute atomic E-state index is 13.8. The van der Waals surface area contributed by atoms with Gasteiger partial charge in [0.2, 0.25) is 0 Å². The average Bonchev–Trinajstić information content (AvgIpc) is 2.86. The van der Waals surface area contributed by atoms with Crippen molar-refractivity contribution in [3.8, 4) is 0 Å². The third kappa shape index (κ3) is 3.04. The predicted molar refractivity (Wildman–Crippen MR) is 81.1 cm³/mol. The van der Waals surface area contributed by atoms with Crippen LogP contribution in [-0.2, 0) is 19.4 Å². The summed E-state index contributed by atoms with van der Waals surface area (Å²) in [6.07, 6.45) is 1.88. The molecule has 4 heteroatoms. The highest BCUT2D eigenvalue weighted by atomic mass is 19.1. The van der Waals surface area contributed by atoms with Crippen molar-refractivity contribution in [2.75, 3.05) is 0 Å². The van der Waals surface area contributed by atoms with Crippen molar-refractivity contribution in [3.05, 3.63) is 52.6 Å². The Morgan fingerprint density at radius 1 is 1.19 bits per heavy atom. The molecule has 0 aliphatic rings. The molecule has 0 aliphatic carbocycles. The number of carbonyl (C=O) groups is 1. The Labute approximate surface area is 124 Å². The van der Waals surface area contributed by atoms with E-state index in [1.165, 1.54) is 6.07 Å². The summed E-state index contributed by atoms with van der Waals surface area (Å²) in [6, 6.07) is 6.69. The largest absolute Gasteiger partial charge is 0.294 e. The molecule has 1 aromatic carbocycles. The monoisotopic (exact) mass is 288 g/mol. The summed E-state index contributed by atoms with van der Waals surface area (Å²) in [5.41, 5.74) is 3.05. The average molecular weight is 288 g/mol. The van der Waals surface area contributed by atoms with Gasteiger partial charge in [-0.3, -0.25) is 9.48 Å². The minimum Gasteiger partial charge on any atom is -0.294 e. The molecule has 1 aromatic heterocycles. The number of ketones is 1. The first-order valence-electron chi connectivity index (χ1n) is 7.47. The Morgan fingerprint density at radius 3 is 2.48 bits per heavy atom. The van der Waals surface area contributed by atoms with Crippen LogP contribution in [0.1, 0.15) is 54.5 Å². The Bertz CT molecular complexity index is 646. The normalized spacial score (nSPS) is 10.9. The molecule has 0 N–H and O–H groups in total. The molecule has 0 atom stereocenters. The summed E-state index contributed by atoms with van der Waals surface area (Å²) >= 11 is 0. The van der Waals surface area contributed by atoms with E-state index in [0.717, 1.165) is 17.0 Å². The van der Waals surface area contributed by atoms with Crippen LogP contribution in [0.2, 0.25) is 0 Å². The summed E-state index contributed by atoms with van der Waals surface area (Å²) in [6.45, 7) is 6.21. The Balaban J connectivity index is 2.47. The predicted octanol–water partition coefficient (Wildman–Crippen LogP) is 3.79. The molecule has 0 radical (unpaired) electrons. The molecular weight excluding hydrogens is 267 g/mol. The first-order valence-corrected chi connectivity index (χ1v) is 7.47. The first kappa shape index (κ1) is 15.4. The standard InChI is InChI=1S/C17H21FN2O/c1-4-14-17(16(21)6-3)15(5-2)20(19-14)11-12-9-7-8-10-13(12)18/h7-10H,4-6,11H2,1-3H3. The van der Waals surface area contributed by atoms with Gasteiger partial charge >= 0.3 is 0 Å². The van der Waals surface area contributed by atoms with E-state index in [1.807, 2.05) is 26.8 Å². The molecule has 2 rings (SSSR count). The van der Waals surface area contributed by atoms with Gasteiger partial charge in [0, 0.05) is 17.7 Å². The van der Waals surface area contributed by atoms with Gasteiger partial charge in [-0.15, -0.1) is 0 Å². The zero-order chi connectivity index (χ0) is 15.4. The third-order valence-electron chi connectivity index (χ3n) is 3.68. The van der Waals surface area contributed by atoms with E-state index in [4.69, 9.17) is 0 Å². The molecule has 0 amide bonds. The number of aryl methyl sites for hydroxylation is 1. The van der Waals surface area contributed by atoms with Gasteiger partial charge in [-0.2, -0.15) is 5.10 Å². The van der Waals surface area contributed by atoms with Crippen molar-refractivity contribution < 1.29 is 9.18 Å². The summed E-state index contributed by atoms with van der Waals surface area (Å²) in [5, 5.41) is 4.53. The van der Waals surface area contributed by atoms with Crippen LogP contribution in [0.3, 0.4) is 0 Å². The fourth-order valence-corrected chi connectivity index (χ4v) is 2.58. The van der Waals surface area contributed by atoms with E-state index < -0.39 is 0 Å². The molecule has 1 heterocycles. The van der Waals surface area contributed by atoms with Crippen molar-refractivity contribution in [1.29, 1.82) is 0 Å². The lowest BCUT2D eigenvalue weighted by atomic mass is 10.0. The highest BCUT2D eigenvalue weighted by Gasteiger charge is 2.20. The molecule has 112 valence electrons. The van der Waals surface area contributed by atoms with Crippen molar-refractivity contribution in [2.45, 2.75) is 46.6 Å². The fraction of sp³-hybridized carbons (Fsp3) is 0.412. The molecule has 2 aromatic rings. The van der Waals surface area contributed by atoms with Crippen LogP contribution in [0.5, 0.6) is 0 Å². The second kappa shape index (κ2) is 6.66. The summed E-state index contributed by atoms with van der Waals surface area (Å²) < 4.78 is 15.6. The van der Waals surface area contributed by atoms with Crippen LogP contribution in [0.25, 0.3) is 0 Å². The quantitative estimate of drug-likeness (QED) is 0.758. The molecule has 0 saturated carbocycles. The lowest BCUT2D eigenvalue weighted by Crippen LogP contribution is -2.09. The number of Topliss-reactive ketones (excluding diaryl/α,β-unsaturated/α-hetero) is 1. The SMILES string of the molecule is CCC(=O)c1c(CC)nn(Cc2ccccc2F)c1CC. The highest BCUT2D eigenvalue weighted by molar-refractivity contribution is 5.98. The summed E-state index contributed by atoms with van der Waals surface area (Å²) in [4.78, 5) is 12.2. The van der Waals surface area contributed by atoms with E-state index >= 15 is 0 Å². The van der Waals surface area contributed by atoms with Crippen LogP contribution < -0.4 is 0 Å². The minimum atomic E-state index is -0.239. The third-order valence-corrected chi connectivity index (χ3v) is 3.68. The van der Waals surface area contributed by atoms with Crippen molar-refractivity contribution in [1.82, 2.24) is 9.78 Å². The van der Waals surface area contributed by atoms with Gasteiger partial charge in [0.15, 0.2) is 5.78 Å². The van der Waals surface area contributed by atoms with Crippen LogP contribution in [0.15, 0.2) is 24.3 Å². The first-order chi connectivity index (χ1) is 10.1. The highest BCUT2D eigenvalue weighted by Crippen LogP contribution is 2.20. The van der Waals surface area contributed by atoms with Crippen LogP contribution in [-0.4, -0.2) is 15.6 Å². The van der Waals surface area contributed by atoms with Gasteiger partial charge in [0.1, 0.15) is 5.82 Å². The number of aromatic nitrogens is 2. The van der Waals surface area contributed by atoms with Crippen LogP contribution in [0, 0.1) is 5.82 Å². The van der Waals surface area contributed by atoms with E-state index in [2.05, 4.69) is 5.10 Å². The molecule has 0 saturated heterocycles. The molecule has 0 bridgehead atoms. The minimum absolute atomic E-state index is 0.114. The van der Waals surface area contributed by atoms with E-state index in [1.54, 1.807) is 16.8 Å². The number of rotatable bonds is 6. The van der Waals surface area contributed by atoms with E-state index in [9.17, 15) is 9.18 Å². The Morgan fingerprint density at radius 2 is 1.90 bits per heavy atom. The van der Waals surface area contributed by atoms with Gasteiger partial charge in [0.05, 0.1) is 17.8 Å². The molecular formula is C17H21FN2O. The molecule has 0 aliphatic heterocycles. The number of benzene rings is 1. The molecule has 0 fully saturated rings. The summed E-state index contributed by atoms with van der Waals surface area (Å²) in [5.74, 6) is -0.125. The second-order valence-electron chi connectivity index (χ2n) is 5.00. The van der Waals surface area contributed by atoms with Gasteiger partial charge in [-0.05, 0) is 18.9 Å². The van der Waals surface area contributed by atoms with Gasteiger partial charge in [-0.1, -0.05) is 39.0 Å². The number of carbonyl (C=O) groups excluding carboxylic acids is 1. The van der Waals surface area contributed by atoms with Crippen molar-refractivity contribution >= 4 is 5.78 Å². The van der Waals surface area contributed by atoms with Crippen molar-refractivity contribution in [3.63, 3.8) is 0 Å². The maximum Gasteiger partial charge on any atom is 0.166 e. The van der Waals surface area contributed by atoms with Gasteiger partial charge in [0.25, 0.3) is 0 Å². The van der Waals surface area contributed by atoms with Gasteiger partial charge < -0.3 is 0 Å². The van der Waals surface area contributed by atoms with E-state index in [0.29, 0.717) is 31.4 Å². The number of halogens is 1. The fourth-order valence-electron chi connectivity index (χ4n) is 2.58. The lowest BCUT2D eigenvalue weighted by Gasteiger charge is -2.08. The van der Waals surface area contributed by atoms with Crippen molar-refractivity contribution in [2.24, 2.45) is 0 Å². The van der Waals surface area contributed by atoms with Crippen LogP contribution in [0.4, 0.5) is 4.39 Å². The van der Waals surface area contributed by atoms with E-state index in [-0.39, 0.29) is 11.6 Å². The molecule has 0 unspecified atom stereocenters. The number of hydrogen-bond acceptors (Lipinski definition) is 2. The Hall–Kier alpha value is -1.97. The number of nitrogens with zero attached hydrogens (tertiary/aromatic N) is 2. The smallest absolute Gasteiger partial charge is 0.166 e. The number of hydrogen-bond donors (Lipinski definition) is 0. The summed E-state index contributed by atoms with van der Waals surface area (Å²) in [7, 11) is 0. The Kier molecular flexibility index (Phi) is 4.89.